The Bertz CT molecular complexity index is 1050. The number of aryl methyl sites for hydroxylation is 1. The van der Waals surface area contributed by atoms with E-state index in [1.165, 1.54) is 0 Å². The highest BCUT2D eigenvalue weighted by atomic mass is 16.2. The molecule has 0 bridgehead atoms. The fourth-order valence-corrected chi connectivity index (χ4v) is 4.06. The maximum atomic E-state index is 12.9. The number of amides is 5. The molecule has 2 N–H and O–H groups in total. The summed E-state index contributed by atoms with van der Waals surface area (Å²) < 4.78 is 0. The molecule has 4 rings (SSSR count). The van der Waals surface area contributed by atoms with Crippen LogP contribution in [0.2, 0.25) is 0 Å². The molecule has 0 radical (unpaired) electrons. The van der Waals surface area contributed by atoms with Crippen molar-refractivity contribution in [1.29, 1.82) is 0 Å². The second-order valence-electron chi connectivity index (χ2n) is 8.45. The number of imide groups is 1. The molecule has 166 valence electrons. The van der Waals surface area contributed by atoms with E-state index in [2.05, 4.69) is 10.7 Å². The first-order valence-electron chi connectivity index (χ1n) is 10.7. The molecular formula is C24H26N4O4. The minimum Gasteiger partial charge on any atom is -0.338 e. The molecule has 1 atom stereocenters. The third kappa shape index (κ3) is 4.49. The van der Waals surface area contributed by atoms with Crippen molar-refractivity contribution in [3.8, 4) is 0 Å². The number of hydrogen-bond acceptors (Lipinski definition) is 4. The zero-order valence-corrected chi connectivity index (χ0v) is 18.0. The van der Waals surface area contributed by atoms with Crippen LogP contribution in [-0.4, -0.2) is 45.7 Å². The van der Waals surface area contributed by atoms with Crippen molar-refractivity contribution in [2.45, 2.75) is 44.7 Å². The van der Waals surface area contributed by atoms with Crippen molar-refractivity contribution in [1.82, 2.24) is 20.7 Å². The smallest absolute Gasteiger partial charge is 0.338 e. The van der Waals surface area contributed by atoms with Gasteiger partial charge in [0.05, 0.1) is 0 Å². The molecule has 2 heterocycles. The monoisotopic (exact) mass is 434 g/mol. The summed E-state index contributed by atoms with van der Waals surface area (Å²) in [5.74, 6) is -0.949. The van der Waals surface area contributed by atoms with Crippen molar-refractivity contribution in [3.63, 3.8) is 0 Å². The number of hydrazine groups is 1. The van der Waals surface area contributed by atoms with Crippen LogP contribution in [0.1, 0.15) is 47.7 Å². The van der Waals surface area contributed by atoms with Gasteiger partial charge in [0.15, 0.2) is 0 Å². The van der Waals surface area contributed by atoms with E-state index in [-0.39, 0.29) is 5.91 Å². The summed E-state index contributed by atoms with van der Waals surface area (Å²) in [4.78, 5) is 51.8. The summed E-state index contributed by atoms with van der Waals surface area (Å²) in [6.07, 6.45) is 2.42. The first kappa shape index (κ1) is 21.5. The number of carbonyl (C=O) groups is 4. The summed E-state index contributed by atoms with van der Waals surface area (Å²) in [5.41, 5.74) is 3.52. The van der Waals surface area contributed by atoms with Crippen LogP contribution in [0.15, 0.2) is 54.6 Å². The van der Waals surface area contributed by atoms with Gasteiger partial charge < -0.3 is 10.2 Å². The van der Waals surface area contributed by atoms with E-state index in [9.17, 15) is 19.2 Å². The van der Waals surface area contributed by atoms with Gasteiger partial charge in [-0.15, -0.1) is 0 Å². The van der Waals surface area contributed by atoms with Crippen molar-refractivity contribution in [3.05, 3.63) is 71.3 Å². The fraction of sp³-hybridized carbons (Fsp3) is 0.333. The van der Waals surface area contributed by atoms with E-state index in [4.69, 9.17) is 0 Å². The fourth-order valence-electron chi connectivity index (χ4n) is 4.06. The average Bonchev–Trinajstić information content (AvgIpc) is 3.29. The van der Waals surface area contributed by atoms with Crippen LogP contribution >= 0.6 is 0 Å². The van der Waals surface area contributed by atoms with E-state index >= 15 is 0 Å². The molecule has 0 spiro atoms. The molecule has 8 heteroatoms. The highest BCUT2D eigenvalue weighted by Gasteiger charge is 2.48. The maximum Gasteiger partial charge on any atom is 0.344 e. The molecule has 1 unspecified atom stereocenters. The number of urea groups is 1. The number of likely N-dealkylation sites (tertiary alicyclic amines) is 1. The van der Waals surface area contributed by atoms with E-state index in [1.54, 1.807) is 30.0 Å². The zero-order chi connectivity index (χ0) is 22.7. The van der Waals surface area contributed by atoms with Crippen LogP contribution in [0.3, 0.4) is 0 Å². The highest BCUT2D eigenvalue weighted by Crippen LogP contribution is 2.23. The van der Waals surface area contributed by atoms with Gasteiger partial charge in [-0.05, 0) is 49.4 Å². The number of rotatable bonds is 7. The van der Waals surface area contributed by atoms with Gasteiger partial charge in [0.2, 0.25) is 5.91 Å². The average molecular weight is 434 g/mol. The normalized spacial score (nSPS) is 20.6. The molecule has 32 heavy (non-hydrogen) atoms. The second-order valence-corrected chi connectivity index (χ2v) is 8.45. The largest absolute Gasteiger partial charge is 0.344 e. The van der Waals surface area contributed by atoms with Gasteiger partial charge in [0.1, 0.15) is 5.54 Å². The Morgan fingerprint density at radius 3 is 2.53 bits per heavy atom. The standard InChI is InChI=1S/C24H26N4O4/c1-24(13-12-17-7-3-2-4-8-17)22(31)28(23(32)25-24)26-21(30)19-10-5-9-18(15-19)16-27-14-6-11-20(27)29/h2-5,7-10,15H,6,11-14,16H2,1H3,(H,25,32)(H,26,30). The molecule has 5 amide bonds. The third-order valence-corrected chi connectivity index (χ3v) is 5.96. The Hall–Kier alpha value is -3.68. The summed E-state index contributed by atoms with van der Waals surface area (Å²) in [6, 6.07) is 15.9. The van der Waals surface area contributed by atoms with Gasteiger partial charge in [-0.25, -0.2) is 4.79 Å². The Labute approximate surface area is 186 Å². The second kappa shape index (κ2) is 8.82. The molecule has 0 aromatic heterocycles. The first-order valence-corrected chi connectivity index (χ1v) is 10.7. The van der Waals surface area contributed by atoms with Crippen LogP contribution < -0.4 is 10.7 Å². The molecule has 2 saturated heterocycles. The lowest BCUT2D eigenvalue weighted by molar-refractivity contribution is -0.132. The zero-order valence-electron chi connectivity index (χ0n) is 18.0. The van der Waals surface area contributed by atoms with Crippen LogP contribution in [0.5, 0.6) is 0 Å². The highest BCUT2D eigenvalue weighted by molar-refractivity contribution is 6.09. The Balaban J connectivity index is 1.40. The molecule has 2 aromatic rings. The molecule has 0 saturated carbocycles. The summed E-state index contributed by atoms with van der Waals surface area (Å²) in [5, 5.41) is 3.45. The van der Waals surface area contributed by atoms with Gasteiger partial charge in [-0.1, -0.05) is 42.5 Å². The minimum atomic E-state index is -1.10. The predicted molar refractivity (Wildman–Crippen MR) is 117 cm³/mol. The molecule has 2 aromatic carbocycles. The molecular weight excluding hydrogens is 408 g/mol. The number of hydrogen-bond donors (Lipinski definition) is 2. The van der Waals surface area contributed by atoms with Crippen molar-refractivity contribution >= 4 is 23.8 Å². The van der Waals surface area contributed by atoms with Gasteiger partial charge >= 0.3 is 6.03 Å². The Morgan fingerprint density at radius 1 is 1.06 bits per heavy atom. The van der Waals surface area contributed by atoms with Crippen molar-refractivity contribution in [2.75, 3.05) is 6.54 Å². The molecule has 2 fully saturated rings. The van der Waals surface area contributed by atoms with E-state index in [1.807, 2.05) is 36.4 Å². The topological polar surface area (TPSA) is 98.8 Å². The molecule has 0 aliphatic carbocycles. The summed E-state index contributed by atoms with van der Waals surface area (Å²) >= 11 is 0. The third-order valence-electron chi connectivity index (χ3n) is 5.96. The lowest BCUT2D eigenvalue weighted by Gasteiger charge is -2.21. The molecule has 2 aliphatic rings. The number of nitrogens with one attached hydrogen (secondary N) is 2. The molecule has 8 nitrogen and oxygen atoms in total. The summed E-state index contributed by atoms with van der Waals surface area (Å²) in [7, 11) is 0. The van der Waals surface area contributed by atoms with Crippen molar-refractivity contribution < 1.29 is 19.2 Å². The quantitative estimate of drug-likeness (QED) is 0.654. The Morgan fingerprint density at radius 2 is 1.81 bits per heavy atom. The predicted octanol–water partition coefficient (Wildman–Crippen LogP) is 2.40. The lowest BCUT2D eigenvalue weighted by Crippen LogP contribution is -2.49. The van der Waals surface area contributed by atoms with E-state index < -0.39 is 23.4 Å². The minimum absolute atomic E-state index is 0.106. The number of carbonyl (C=O) groups excluding carboxylic acids is 4. The number of nitrogens with zero attached hydrogens (tertiary/aromatic N) is 2. The van der Waals surface area contributed by atoms with E-state index in [0.717, 1.165) is 22.6 Å². The van der Waals surface area contributed by atoms with Gasteiger partial charge in [-0.3, -0.25) is 19.8 Å². The molecule has 2 aliphatic heterocycles. The lowest BCUT2D eigenvalue weighted by atomic mass is 9.93. The summed E-state index contributed by atoms with van der Waals surface area (Å²) in [6.45, 7) is 2.80. The first-order chi connectivity index (χ1) is 15.4. The maximum absolute atomic E-state index is 12.9. The van der Waals surface area contributed by atoms with Crippen LogP contribution in [0.4, 0.5) is 4.79 Å². The Kier molecular flexibility index (Phi) is 5.94. The number of benzene rings is 2. The van der Waals surface area contributed by atoms with Crippen LogP contribution in [0, 0.1) is 0 Å². The van der Waals surface area contributed by atoms with Gasteiger partial charge in [-0.2, -0.15) is 5.01 Å². The van der Waals surface area contributed by atoms with E-state index in [0.29, 0.717) is 37.9 Å². The van der Waals surface area contributed by atoms with Crippen LogP contribution in [0.25, 0.3) is 0 Å². The van der Waals surface area contributed by atoms with Crippen molar-refractivity contribution in [2.24, 2.45) is 0 Å². The van der Waals surface area contributed by atoms with Gasteiger partial charge in [0, 0.05) is 25.1 Å². The van der Waals surface area contributed by atoms with Crippen LogP contribution in [-0.2, 0) is 22.6 Å². The SMILES string of the molecule is CC1(CCc2ccccc2)NC(=O)N(NC(=O)c2cccc(CN3CCCC3=O)c2)C1=O. The van der Waals surface area contributed by atoms with Gasteiger partial charge in [0.25, 0.3) is 11.8 Å².